The molecule has 3 rings (SSSR count). The van der Waals surface area contributed by atoms with Crippen LogP contribution in [0.2, 0.25) is 10.0 Å². The van der Waals surface area contributed by atoms with Crippen LogP contribution in [0.4, 0.5) is 0 Å². The van der Waals surface area contributed by atoms with E-state index in [0.29, 0.717) is 32.8 Å². The van der Waals surface area contributed by atoms with E-state index >= 15 is 0 Å². The highest BCUT2D eigenvalue weighted by molar-refractivity contribution is 6.35. The number of fused-ring (bicyclic) bond motifs is 1. The fourth-order valence-electron chi connectivity index (χ4n) is 2.61. The molecule has 0 aliphatic carbocycles. The first-order valence-electron chi connectivity index (χ1n) is 7.29. The summed E-state index contributed by atoms with van der Waals surface area (Å²) in [5, 5.41) is 14.3. The quantitative estimate of drug-likeness (QED) is 0.360. The number of aryl methyl sites for hydroxylation is 1. The zero-order valence-corrected chi connectivity index (χ0v) is 14.6. The molecule has 0 saturated heterocycles. The second-order valence-electron chi connectivity index (χ2n) is 5.37. The summed E-state index contributed by atoms with van der Waals surface area (Å²) in [7, 11) is 0. The Hall–Kier alpha value is -2.17. The standard InChI is InChI=1S/C18H15Cl2NO3/c1-10(21-22)18-11(2)24-17-7-6-12(8-13(17)18)23-9-14-15(19)4-3-5-16(14)20/h3-8,22H,9H2,1-2H3. The molecule has 0 bridgehead atoms. The van der Waals surface area contributed by atoms with E-state index in [2.05, 4.69) is 5.16 Å². The molecule has 1 N–H and O–H groups in total. The summed E-state index contributed by atoms with van der Waals surface area (Å²) in [5.74, 6) is 1.33. The Bertz CT molecular complexity index is 911. The van der Waals surface area contributed by atoms with Crippen molar-refractivity contribution in [2.24, 2.45) is 5.16 Å². The third-order valence-electron chi connectivity index (χ3n) is 3.79. The molecule has 2 aromatic carbocycles. The smallest absolute Gasteiger partial charge is 0.135 e. The molecular formula is C18H15Cl2NO3. The Morgan fingerprint density at radius 3 is 2.58 bits per heavy atom. The van der Waals surface area contributed by atoms with Gasteiger partial charge in [-0.3, -0.25) is 0 Å². The van der Waals surface area contributed by atoms with Crippen molar-refractivity contribution < 1.29 is 14.4 Å². The van der Waals surface area contributed by atoms with Gasteiger partial charge in [0.25, 0.3) is 0 Å². The highest BCUT2D eigenvalue weighted by Crippen LogP contribution is 2.31. The van der Waals surface area contributed by atoms with E-state index in [1.54, 1.807) is 25.1 Å². The molecule has 0 amide bonds. The van der Waals surface area contributed by atoms with E-state index in [4.69, 9.17) is 37.6 Å². The van der Waals surface area contributed by atoms with Crippen molar-refractivity contribution in [3.8, 4) is 5.75 Å². The summed E-state index contributed by atoms with van der Waals surface area (Å²) in [6.45, 7) is 3.80. The van der Waals surface area contributed by atoms with Gasteiger partial charge in [0.1, 0.15) is 23.7 Å². The molecule has 24 heavy (non-hydrogen) atoms. The topological polar surface area (TPSA) is 55.0 Å². The number of rotatable bonds is 4. The third-order valence-corrected chi connectivity index (χ3v) is 4.50. The van der Waals surface area contributed by atoms with Crippen molar-refractivity contribution in [2.75, 3.05) is 0 Å². The lowest BCUT2D eigenvalue weighted by Crippen LogP contribution is -1.98. The number of halogens is 2. The minimum atomic E-state index is 0.253. The van der Waals surface area contributed by atoms with Gasteiger partial charge < -0.3 is 14.4 Å². The van der Waals surface area contributed by atoms with Crippen molar-refractivity contribution in [2.45, 2.75) is 20.5 Å². The first kappa shape index (κ1) is 16.7. The molecule has 1 aromatic heterocycles. The van der Waals surface area contributed by atoms with Gasteiger partial charge in [-0.05, 0) is 44.2 Å². The SMILES string of the molecule is CC(=NO)c1c(C)oc2ccc(OCc3c(Cl)cccc3Cl)cc12. The number of ether oxygens (including phenoxy) is 1. The highest BCUT2D eigenvalue weighted by atomic mass is 35.5. The van der Waals surface area contributed by atoms with Gasteiger partial charge in [-0.15, -0.1) is 0 Å². The van der Waals surface area contributed by atoms with Crippen molar-refractivity contribution in [3.63, 3.8) is 0 Å². The van der Waals surface area contributed by atoms with Crippen LogP contribution in [0.25, 0.3) is 11.0 Å². The third kappa shape index (κ3) is 3.07. The molecule has 0 fully saturated rings. The Labute approximate surface area is 149 Å². The lowest BCUT2D eigenvalue weighted by Gasteiger charge is -2.09. The van der Waals surface area contributed by atoms with Crippen LogP contribution in [0.1, 0.15) is 23.8 Å². The second kappa shape index (κ2) is 6.75. The number of hydrogen-bond donors (Lipinski definition) is 1. The number of furan rings is 1. The van der Waals surface area contributed by atoms with Crippen molar-refractivity contribution in [1.29, 1.82) is 0 Å². The summed E-state index contributed by atoms with van der Waals surface area (Å²) in [5.41, 5.74) is 2.68. The van der Waals surface area contributed by atoms with Gasteiger partial charge in [0.15, 0.2) is 0 Å². The summed E-state index contributed by atoms with van der Waals surface area (Å²) >= 11 is 12.3. The van der Waals surface area contributed by atoms with Crippen LogP contribution in [0.3, 0.4) is 0 Å². The van der Waals surface area contributed by atoms with E-state index < -0.39 is 0 Å². The zero-order valence-electron chi connectivity index (χ0n) is 13.1. The molecule has 0 atom stereocenters. The number of benzene rings is 2. The molecule has 124 valence electrons. The summed E-state index contributed by atoms with van der Waals surface area (Å²) in [4.78, 5) is 0. The minimum absolute atomic E-state index is 0.253. The predicted molar refractivity (Wildman–Crippen MR) is 95.7 cm³/mol. The van der Waals surface area contributed by atoms with Gasteiger partial charge >= 0.3 is 0 Å². The Kier molecular flexibility index (Phi) is 4.69. The largest absolute Gasteiger partial charge is 0.489 e. The molecule has 0 spiro atoms. The maximum Gasteiger partial charge on any atom is 0.135 e. The Morgan fingerprint density at radius 2 is 1.92 bits per heavy atom. The van der Waals surface area contributed by atoms with Gasteiger partial charge in [-0.1, -0.05) is 34.4 Å². The average Bonchev–Trinajstić information content (AvgIpc) is 2.89. The van der Waals surface area contributed by atoms with E-state index in [9.17, 15) is 0 Å². The predicted octanol–water partition coefficient (Wildman–Crippen LogP) is 5.83. The van der Waals surface area contributed by atoms with Crippen LogP contribution in [-0.4, -0.2) is 10.9 Å². The van der Waals surface area contributed by atoms with Gasteiger partial charge in [0, 0.05) is 26.6 Å². The van der Waals surface area contributed by atoms with Gasteiger partial charge in [0.2, 0.25) is 0 Å². The van der Waals surface area contributed by atoms with E-state index in [-0.39, 0.29) is 6.61 Å². The van der Waals surface area contributed by atoms with Gasteiger partial charge in [-0.2, -0.15) is 0 Å². The molecule has 0 saturated carbocycles. The maximum atomic E-state index is 9.06. The molecule has 0 radical (unpaired) electrons. The van der Waals surface area contributed by atoms with Crippen molar-refractivity contribution >= 4 is 39.9 Å². The first-order valence-corrected chi connectivity index (χ1v) is 8.04. The van der Waals surface area contributed by atoms with Crippen molar-refractivity contribution in [1.82, 2.24) is 0 Å². The monoisotopic (exact) mass is 363 g/mol. The van der Waals surface area contributed by atoms with Gasteiger partial charge in [0.05, 0.1) is 5.71 Å². The van der Waals surface area contributed by atoms with Crippen molar-refractivity contribution in [3.05, 3.63) is 63.3 Å². The van der Waals surface area contributed by atoms with Crippen LogP contribution in [0.5, 0.6) is 5.75 Å². The number of oxime groups is 1. The fourth-order valence-corrected chi connectivity index (χ4v) is 3.12. The fraction of sp³-hybridized carbons (Fsp3) is 0.167. The van der Waals surface area contributed by atoms with Crippen LogP contribution in [-0.2, 0) is 6.61 Å². The summed E-state index contributed by atoms with van der Waals surface area (Å²) in [6, 6.07) is 10.8. The molecule has 4 nitrogen and oxygen atoms in total. The molecule has 0 unspecified atom stereocenters. The van der Waals surface area contributed by atoms with E-state index in [0.717, 1.165) is 16.5 Å². The van der Waals surface area contributed by atoms with Crippen LogP contribution in [0, 0.1) is 6.92 Å². The highest BCUT2D eigenvalue weighted by Gasteiger charge is 2.15. The average molecular weight is 364 g/mol. The zero-order chi connectivity index (χ0) is 17.3. The molecule has 3 aromatic rings. The number of hydrogen-bond acceptors (Lipinski definition) is 4. The summed E-state index contributed by atoms with van der Waals surface area (Å²) < 4.78 is 11.5. The van der Waals surface area contributed by atoms with E-state index in [1.165, 1.54) is 0 Å². The second-order valence-corrected chi connectivity index (χ2v) is 6.18. The Morgan fingerprint density at radius 1 is 1.21 bits per heavy atom. The van der Waals surface area contributed by atoms with E-state index in [1.807, 2.05) is 25.1 Å². The lowest BCUT2D eigenvalue weighted by molar-refractivity contribution is 0.307. The molecular weight excluding hydrogens is 349 g/mol. The maximum absolute atomic E-state index is 9.06. The normalized spacial score (nSPS) is 11.9. The Balaban J connectivity index is 1.94. The van der Waals surface area contributed by atoms with Crippen LogP contribution in [0.15, 0.2) is 46.0 Å². The molecule has 0 aliphatic heterocycles. The van der Waals surface area contributed by atoms with Gasteiger partial charge in [-0.25, -0.2) is 0 Å². The summed E-state index contributed by atoms with van der Waals surface area (Å²) in [6.07, 6.45) is 0. The lowest BCUT2D eigenvalue weighted by atomic mass is 10.1. The molecule has 0 aliphatic rings. The first-order chi connectivity index (χ1) is 11.5. The minimum Gasteiger partial charge on any atom is -0.489 e. The number of nitrogens with zero attached hydrogens (tertiary/aromatic N) is 1. The molecule has 6 heteroatoms. The molecule has 1 heterocycles. The van der Waals surface area contributed by atoms with Crippen LogP contribution < -0.4 is 4.74 Å². The van der Waals surface area contributed by atoms with Crippen LogP contribution >= 0.6 is 23.2 Å².